The molecule has 9 heterocycles. The van der Waals surface area contributed by atoms with Crippen molar-refractivity contribution in [1.82, 2.24) is 50.4 Å². The van der Waals surface area contributed by atoms with E-state index in [-0.39, 0.29) is 66.8 Å². The number of thiazole rings is 1. The SMILES string of the molecule is Cc1ncsc1-c1cnc([C@@H](C)NC(=O)[C@@H]2C[C@@H](O)CN2C(=O)[C@@H](c2cc(OCCN3CCC(OC4CC(Oc5cc(N6C7CC[C@@H]6CN(c6cc(-c8ccccc8O)nnc6N)C7)ccn5)C4)CC3)no2)C(C)C)cn1. The van der Waals surface area contributed by atoms with E-state index < -0.39 is 24.1 Å². The van der Waals surface area contributed by atoms with Gasteiger partial charge in [-0.3, -0.25) is 24.5 Å². The Labute approximate surface area is 451 Å². The van der Waals surface area contributed by atoms with E-state index in [0.717, 1.165) is 86.6 Å². The quantitative estimate of drug-likeness (QED) is 0.0776. The smallest absolute Gasteiger partial charge is 0.254 e. The van der Waals surface area contributed by atoms with Gasteiger partial charge in [0.05, 0.1) is 69.9 Å². The van der Waals surface area contributed by atoms with Crippen molar-refractivity contribution in [3.8, 4) is 39.3 Å². The van der Waals surface area contributed by atoms with Crippen molar-refractivity contribution in [3.63, 3.8) is 0 Å². The van der Waals surface area contributed by atoms with Crippen LogP contribution in [0.4, 0.5) is 17.2 Å². The number of piperidine rings is 1. The third-order valence-corrected chi connectivity index (χ3v) is 16.8. The van der Waals surface area contributed by atoms with Crippen LogP contribution in [0.1, 0.15) is 94.8 Å². The number of phenolic OH excluding ortho intramolecular Hbond substituents is 1. The standard InChI is InChI=1S/C55H67N13O8S/c1-31(2)51(55(72)67-29-37(69)20-46(67)54(71)61-32(3)43-25-59-44(26-58-43)52-33(4)60-30-77-52)48-24-50(64-76-48)73-18-17-65-15-12-38(13-16-65)74-39-21-40(22-39)75-49-19-34(11-14-57-49)68-35-9-10-36(68)28-66(27-35)45-23-42(62-63-53(45)56)41-7-5-6-8-47(41)70/h5-8,11,14,19,23-26,30-32,35-40,46,51,69-70H,9-10,12-13,15-18,20-22,27-29H2,1-4H3,(H2,56,63)(H,61,71)/t32-,35-,36?,37-,39?,40?,46+,51-/m1/s1. The fourth-order valence-corrected chi connectivity index (χ4v) is 12.4. The van der Waals surface area contributed by atoms with Crippen molar-refractivity contribution in [2.75, 3.05) is 61.4 Å². The van der Waals surface area contributed by atoms with Crippen LogP contribution in [-0.4, -0.2) is 156 Å². The van der Waals surface area contributed by atoms with Crippen molar-refractivity contribution >= 4 is 40.3 Å². The Morgan fingerprint density at radius 1 is 0.883 bits per heavy atom. The lowest BCUT2D eigenvalue weighted by atomic mass is 9.91. The molecule has 1 aromatic carbocycles. The molecule has 22 heteroatoms. The van der Waals surface area contributed by atoms with E-state index in [1.54, 1.807) is 36.1 Å². The highest BCUT2D eigenvalue weighted by molar-refractivity contribution is 7.13. The van der Waals surface area contributed by atoms with Crippen LogP contribution in [0.25, 0.3) is 21.8 Å². The number of ether oxygens (including phenoxy) is 3. The molecule has 0 spiro atoms. The minimum Gasteiger partial charge on any atom is -0.507 e. The van der Waals surface area contributed by atoms with Crippen LogP contribution in [0.5, 0.6) is 17.5 Å². The molecule has 4 saturated heterocycles. The number of nitrogens with one attached hydrogen (secondary N) is 1. The first-order valence-electron chi connectivity index (χ1n) is 26.9. The van der Waals surface area contributed by atoms with Gasteiger partial charge in [0.2, 0.25) is 17.7 Å². The third kappa shape index (κ3) is 11.4. The van der Waals surface area contributed by atoms with Gasteiger partial charge in [-0.05, 0) is 74.9 Å². The largest absolute Gasteiger partial charge is 0.507 e. The number of nitrogens with two attached hydrogens (primary N) is 1. The molecule has 6 atom stereocenters. The van der Waals surface area contributed by atoms with Crippen molar-refractivity contribution in [3.05, 3.63) is 89.8 Å². The molecule has 5 aromatic heterocycles. The van der Waals surface area contributed by atoms with Gasteiger partial charge in [-0.1, -0.05) is 26.0 Å². The monoisotopic (exact) mass is 1070 g/mol. The van der Waals surface area contributed by atoms with E-state index in [1.165, 1.54) is 16.2 Å². The number of nitrogen functional groups attached to an aromatic ring is 1. The van der Waals surface area contributed by atoms with Crippen LogP contribution < -0.4 is 30.3 Å². The molecule has 6 aromatic rings. The summed E-state index contributed by atoms with van der Waals surface area (Å²) in [5, 5.41) is 36.8. The van der Waals surface area contributed by atoms with Gasteiger partial charge in [-0.25, -0.2) is 9.97 Å². The zero-order valence-corrected chi connectivity index (χ0v) is 44.7. The summed E-state index contributed by atoms with van der Waals surface area (Å²) in [6, 6.07) is 14.1. The van der Waals surface area contributed by atoms with E-state index in [4.69, 9.17) is 24.5 Å². The number of aryl methyl sites for hydroxylation is 1. The number of pyridine rings is 1. The highest BCUT2D eigenvalue weighted by Crippen LogP contribution is 2.41. The topological polar surface area (TPSA) is 257 Å². The number of piperazine rings is 1. The van der Waals surface area contributed by atoms with Crippen LogP contribution in [0.2, 0.25) is 0 Å². The summed E-state index contributed by atoms with van der Waals surface area (Å²) < 4.78 is 24.7. The summed E-state index contributed by atoms with van der Waals surface area (Å²) in [6.45, 7) is 12.0. The molecule has 1 saturated carbocycles. The zero-order valence-electron chi connectivity index (χ0n) is 43.9. The molecule has 77 heavy (non-hydrogen) atoms. The molecular weight excluding hydrogens is 1000 g/mol. The number of aliphatic hydroxyl groups is 1. The number of likely N-dealkylation sites (tertiary alicyclic amines) is 2. The average Bonchev–Trinajstić information content (AvgIpc) is 4.22. The first kappa shape index (κ1) is 52.1. The summed E-state index contributed by atoms with van der Waals surface area (Å²) in [7, 11) is 0. The first-order chi connectivity index (χ1) is 37.3. The van der Waals surface area contributed by atoms with Gasteiger partial charge in [0.1, 0.15) is 36.1 Å². The minimum atomic E-state index is -0.878. The highest BCUT2D eigenvalue weighted by Gasteiger charge is 2.45. The van der Waals surface area contributed by atoms with Gasteiger partial charge in [-0.2, -0.15) is 0 Å². The number of β-amino-alcohol motifs (C(OH)–C–C–N with tert-alkyl or cyclic N) is 1. The molecule has 5 N–H and O–H groups in total. The van der Waals surface area contributed by atoms with Crippen molar-refractivity contribution in [2.24, 2.45) is 5.92 Å². The summed E-state index contributed by atoms with van der Waals surface area (Å²) in [6.07, 6.45) is 10.4. The number of hydrogen-bond acceptors (Lipinski definition) is 20. The second-order valence-corrected chi connectivity index (χ2v) is 22.3. The lowest BCUT2D eigenvalue weighted by molar-refractivity contribution is -0.141. The van der Waals surface area contributed by atoms with Crippen LogP contribution in [-0.2, 0) is 14.3 Å². The molecule has 2 bridgehead atoms. The molecule has 21 nitrogen and oxygen atoms in total. The Morgan fingerprint density at radius 2 is 1.68 bits per heavy atom. The number of nitrogens with zero attached hydrogens (tertiary/aromatic N) is 11. The molecule has 11 rings (SSSR count). The van der Waals surface area contributed by atoms with E-state index >= 15 is 0 Å². The Kier molecular flexibility index (Phi) is 15.2. The molecular formula is C55H67N13O8S. The molecule has 0 radical (unpaired) electrons. The van der Waals surface area contributed by atoms with Crippen LogP contribution in [0, 0.1) is 12.8 Å². The zero-order chi connectivity index (χ0) is 53.3. The highest BCUT2D eigenvalue weighted by atomic mass is 32.1. The average molecular weight is 1070 g/mol. The Balaban J connectivity index is 0.601. The summed E-state index contributed by atoms with van der Waals surface area (Å²) in [5.41, 5.74) is 13.5. The number of aromatic nitrogens is 7. The van der Waals surface area contributed by atoms with Gasteiger partial charge < -0.3 is 54.7 Å². The second kappa shape index (κ2) is 22.5. The maximum absolute atomic E-state index is 14.2. The maximum Gasteiger partial charge on any atom is 0.254 e. The second-order valence-electron chi connectivity index (χ2n) is 21.4. The summed E-state index contributed by atoms with van der Waals surface area (Å²) in [4.78, 5) is 55.5. The molecule has 1 unspecified atom stereocenters. The number of para-hydroxylation sites is 1. The van der Waals surface area contributed by atoms with Gasteiger partial charge in [0, 0.05) is 100 Å². The van der Waals surface area contributed by atoms with Crippen LogP contribution >= 0.6 is 11.3 Å². The number of amides is 2. The number of aliphatic hydroxyl groups excluding tert-OH is 1. The number of rotatable bonds is 18. The molecule has 5 aliphatic rings. The normalized spacial score (nSPS) is 23.5. The summed E-state index contributed by atoms with van der Waals surface area (Å²) >= 11 is 1.49. The van der Waals surface area contributed by atoms with Gasteiger partial charge in [-0.15, -0.1) is 21.5 Å². The van der Waals surface area contributed by atoms with Gasteiger partial charge in [0.25, 0.3) is 5.88 Å². The number of benzene rings is 1. The minimum absolute atomic E-state index is 0.0249. The predicted molar refractivity (Wildman–Crippen MR) is 287 cm³/mol. The predicted octanol–water partition coefficient (Wildman–Crippen LogP) is 5.94. The van der Waals surface area contributed by atoms with Crippen molar-refractivity contribution < 1.29 is 38.5 Å². The Bertz CT molecular complexity index is 3010. The number of phenols is 1. The third-order valence-electron chi connectivity index (χ3n) is 15.8. The first-order valence-corrected chi connectivity index (χ1v) is 27.8. The lowest BCUT2D eigenvalue weighted by Gasteiger charge is -2.43. The number of hydrogen-bond donors (Lipinski definition) is 4. The summed E-state index contributed by atoms with van der Waals surface area (Å²) in [5.74, 6) is 0.165. The lowest BCUT2D eigenvalue weighted by Crippen LogP contribution is -2.54. The van der Waals surface area contributed by atoms with Crippen molar-refractivity contribution in [2.45, 2.75) is 127 Å². The molecule has 406 valence electrons. The molecule has 2 amide bonds. The van der Waals surface area contributed by atoms with E-state index in [9.17, 15) is 19.8 Å². The number of carbonyl (C=O) groups excluding carboxylic acids is 2. The number of fused-ring (bicyclic) bond motifs is 2. The van der Waals surface area contributed by atoms with Gasteiger partial charge >= 0.3 is 0 Å². The van der Waals surface area contributed by atoms with Crippen LogP contribution in [0.15, 0.2) is 77.2 Å². The number of aromatic hydroxyl groups is 1. The molecule has 1 aliphatic carbocycles. The fraction of sp³-hybridized carbons (Fsp3) is 0.509. The Hall–Kier alpha value is -7.01. The van der Waals surface area contributed by atoms with E-state index in [1.807, 2.05) is 52.1 Å². The van der Waals surface area contributed by atoms with E-state index in [2.05, 4.69) is 67.4 Å². The maximum atomic E-state index is 14.2. The Morgan fingerprint density at radius 3 is 2.40 bits per heavy atom. The molecule has 4 aliphatic heterocycles. The number of carbonyl (C=O) groups is 2. The van der Waals surface area contributed by atoms with E-state index in [0.29, 0.717) is 59.1 Å². The van der Waals surface area contributed by atoms with Crippen LogP contribution in [0.3, 0.4) is 0 Å². The fourth-order valence-electron chi connectivity index (χ4n) is 11.6. The van der Waals surface area contributed by atoms with Crippen molar-refractivity contribution in [1.29, 1.82) is 0 Å². The molecule has 5 fully saturated rings. The van der Waals surface area contributed by atoms with Gasteiger partial charge in [0.15, 0.2) is 11.6 Å². The number of anilines is 3.